The third kappa shape index (κ3) is 3.49. The molecule has 2 rings (SSSR count). The van der Waals surface area contributed by atoms with Crippen molar-refractivity contribution in [1.82, 2.24) is 15.5 Å². The summed E-state index contributed by atoms with van der Waals surface area (Å²) in [6.45, 7) is 0.442. The van der Waals surface area contributed by atoms with Crippen LogP contribution in [0.4, 0.5) is 10.6 Å². The minimum atomic E-state index is -0.288. The predicted octanol–water partition coefficient (Wildman–Crippen LogP) is 2.38. The smallest absolute Gasteiger partial charge is 0.320 e. The summed E-state index contributed by atoms with van der Waals surface area (Å²) in [5.41, 5.74) is 0.981. The largest absolute Gasteiger partial charge is 0.334 e. The normalized spacial score (nSPS) is 9.94. The molecule has 0 saturated carbocycles. The van der Waals surface area contributed by atoms with Crippen LogP contribution < -0.4 is 10.6 Å². The summed E-state index contributed by atoms with van der Waals surface area (Å²) in [5.74, 6) is 0.554. The fraction of sp³-hybridized carbons (Fsp3) is 0.0909. The van der Waals surface area contributed by atoms with E-state index in [1.54, 1.807) is 24.4 Å². The van der Waals surface area contributed by atoms with Crippen LogP contribution in [0.5, 0.6) is 0 Å². The molecule has 2 amide bonds. The van der Waals surface area contributed by atoms with Crippen molar-refractivity contribution in [1.29, 1.82) is 0 Å². The second-order valence-electron chi connectivity index (χ2n) is 3.40. The number of carbonyl (C=O) groups is 1. The van der Waals surface area contributed by atoms with E-state index in [1.165, 1.54) is 0 Å². The lowest BCUT2D eigenvalue weighted by Gasteiger charge is -2.05. The lowest BCUT2D eigenvalue weighted by atomic mass is 10.2. The van der Waals surface area contributed by atoms with Crippen LogP contribution in [0.1, 0.15) is 5.56 Å². The maximum atomic E-state index is 11.5. The van der Waals surface area contributed by atoms with Gasteiger partial charge in [-0.25, -0.2) is 4.79 Å². The predicted molar refractivity (Wildman–Crippen MR) is 65.9 cm³/mol. The summed E-state index contributed by atoms with van der Waals surface area (Å²) in [6, 6.07) is 8.67. The Morgan fingerprint density at radius 3 is 2.71 bits per heavy atom. The molecule has 0 radical (unpaired) electrons. The van der Waals surface area contributed by atoms with Gasteiger partial charge in [-0.1, -0.05) is 23.7 Å². The zero-order chi connectivity index (χ0) is 12.1. The number of nitrogens with one attached hydrogen (secondary N) is 3. The van der Waals surface area contributed by atoms with Gasteiger partial charge in [0, 0.05) is 17.6 Å². The van der Waals surface area contributed by atoms with Gasteiger partial charge in [-0.15, -0.1) is 0 Å². The second kappa shape index (κ2) is 5.36. The number of carbonyl (C=O) groups excluding carboxylic acids is 1. The number of anilines is 1. The Morgan fingerprint density at radius 2 is 2.06 bits per heavy atom. The molecule has 1 aromatic carbocycles. The number of aromatic nitrogens is 2. The summed E-state index contributed by atoms with van der Waals surface area (Å²) in [4.78, 5) is 11.5. The second-order valence-corrected chi connectivity index (χ2v) is 3.84. The van der Waals surface area contributed by atoms with Gasteiger partial charge in [-0.3, -0.25) is 10.4 Å². The zero-order valence-electron chi connectivity index (χ0n) is 8.90. The van der Waals surface area contributed by atoms with E-state index in [1.807, 2.05) is 12.1 Å². The Bertz CT molecular complexity index is 481. The number of rotatable bonds is 3. The van der Waals surface area contributed by atoms with Gasteiger partial charge < -0.3 is 5.32 Å². The Hall–Kier alpha value is -2.01. The number of nitrogens with zero attached hydrogens (tertiary/aromatic N) is 1. The molecule has 17 heavy (non-hydrogen) atoms. The van der Waals surface area contributed by atoms with Crippen molar-refractivity contribution in [3.8, 4) is 0 Å². The first-order valence-electron chi connectivity index (χ1n) is 5.03. The average Bonchev–Trinajstić information content (AvgIpc) is 2.81. The molecule has 5 nitrogen and oxygen atoms in total. The van der Waals surface area contributed by atoms with Gasteiger partial charge >= 0.3 is 6.03 Å². The fourth-order valence-electron chi connectivity index (χ4n) is 1.28. The molecule has 0 aliphatic rings. The molecule has 0 unspecified atom stereocenters. The number of hydrogen-bond acceptors (Lipinski definition) is 2. The summed E-state index contributed by atoms with van der Waals surface area (Å²) in [7, 11) is 0. The van der Waals surface area contributed by atoms with Crippen LogP contribution in [0, 0.1) is 0 Å². The van der Waals surface area contributed by atoms with Gasteiger partial charge in [0.15, 0.2) is 0 Å². The van der Waals surface area contributed by atoms with Gasteiger partial charge in [0.2, 0.25) is 0 Å². The molecule has 0 aliphatic carbocycles. The van der Waals surface area contributed by atoms with E-state index in [-0.39, 0.29) is 6.03 Å². The molecule has 0 aliphatic heterocycles. The highest BCUT2D eigenvalue weighted by molar-refractivity contribution is 6.30. The first kappa shape index (κ1) is 11.5. The summed E-state index contributed by atoms with van der Waals surface area (Å²) < 4.78 is 0. The summed E-state index contributed by atoms with van der Waals surface area (Å²) >= 11 is 5.76. The third-order valence-electron chi connectivity index (χ3n) is 2.12. The highest BCUT2D eigenvalue weighted by Crippen LogP contribution is 2.09. The summed E-state index contributed by atoms with van der Waals surface area (Å²) in [6.07, 6.45) is 1.56. The molecule has 0 fully saturated rings. The quantitative estimate of drug-likeness (QED) is 0.783. The highest BCUT2D eigenvalue weighted by Gasteiger charge is 2.01. The molecule has 6 heteroatoms. The Morgan fingerprint density at radius 1 is 1.29 bits per heavy atom. The maximum absolute atomic E-state index is 11.5. The van der Waals surface area contributed by atoms with Gasteiger partial charge in [0.05, 0.1) is 6.20 Å². The first-order valence-corrected chi connectivity index (χ1v) is 5.40. The molecular formula is C11H11ClN4O. The van der Waals surface area contributed by atoms with Crippen molar-refractivity contribution in [3.63, 3.8) is 0 Å². The van der Waals surface area contributed by atoms with Crippen LogP contribution >= 0.6 is 11.6 Å². The standard InChI is InChI=1S/C11H11ClN4O/c12-9-3-1-8(2-4-9)7-13-11(17)15-10-5-6-14-16-10/h1-6H,7H2,(H3,13,14,15,16,17). The Kier molecular flexibility index (Phi) is 3.62. The number of aromatic amines is 1. The average molecular weight is 251 g/mol. The highest BCUT2D eigenvalue weighted by atomic mass is 35.5. The Balaban J connectivity index is 1.82. The van der Waals surface area contributed by atoms with Crippen molar-refractivity contribution in [2.75, 3.05) is 5.32 Å². The van der Waals surface area contributed by atoms with Gasteiger partial charge in [0.1, 0.15) is 5.82 Å². The number of urea groups is 1. The van der Waals surface area contributed by atoms with E-state index >= 15 is 0 Å². The molecule has 2 aromatic rings. The van der Waals surface area contributed by atoms with Crippen LogP contribution in [0.3, 0.4) is 0 Å². The molecule has 0 spiro atoms. The number of hydrogen-bond donors (Lipinski definition) is 3. The van der Waals surface area contributed by atoms with Crippen LogP contribution in [-0.2, 0) is 6.54 Å². The molecule has 0 bridgehead atoms. The zero-order valence-corrected chi connectivity index (χ0v) is 9.66. The van der Waals surface area contributed by atoms with Gasteiger partial charge in [-0.05, 0) is 17.7 Å². The number of H-pyrrole nitrogens is 1. The molecule has 1 heterocycles. The number of benzene rings is 1. The molecule has 88 valence electrons. The SMILES string of the molecule is O=C(NCc1ccc(Cl)cc1)Nc1ccn[nH]1. The van der Waals surface area contributed by atoms with Gasteiger partial charge in [-0.2, -0.15) is 5.10 Å². The third-order valence-corrected chi connectivity index (χ3v) is 2.37. The number of amides is 2. The van der Waals surface area contributed by atoms with E-state index in [9.17, 15) is 4.79 Å². The fourth-order valence-corrected chi connectivity index (χ4v) is 1.40. The lowest BCUT2D eigenvalue weighted by molar-refractivity contribution is 0.251. The summed E-state index contributed by atoms with van der Waals surface area (Å²) in [5, 5.41) is 12.4. The molecule has 0 atom stereocenters. The van der Waals surface area contributed by atoms with Crippen molar-refractivity contribution in [3.05, 3.63) is 47.1 Å². The van der Waals surface area contributed by atoms with E-state index in [0.29, 0.717) is 17.4 Å². The van der Waals surface area contributed by atoms with Crippen LogP contribution in [0.25, 0.3) is 0 Å². The van der Waals surface area contributed by atoms with Crippen molar-refractivity contribution < 1.29 is 4.79 Å². The minimum Gasteiger partial charge on any atom is -0.334 e. The monoisotopic (exact) mass is 250 g/mol. The maximum Gasteiger partial charge on any atom is 0.320 e. The Labute approximate surface area is 103 Å². The topological polar surface area (TPSA) is 69.8 Å². The van der Waals surface area contributed by atoms with Crippen molar-refractivity contribution in [2.45, 2.75) is 6.54 Å². The van der Waals surface area contributed by atoms with Crippen LogP contribution in [0.15, 0.2) is 36.5 Å². The minimum absolute atomic E-state index is 0.288. The van der Waals surface area contributed by atoms with E-state index in [2.05, 4.69) is 20.8 Å². The number of halogens is 1. The van der Waals surface area contributed by atoms with Crippen molar-refractivity contribution >= 4 is 23.4 Å². The molecule has 1 aromatic heterocycles. The molecular weight excluding hydrogens is 240 g/mol. The lowest BCUT2D eigenvalue weighted by Crippen LogP contribution is -2.28. The molecule has 3 N–H and O–H groups in total. The molecule has 0 saturated heterocycles. The van der Waals surface area contributed by atoms with E-state index in [0.717, 1.165) is 5.56 Å². The van der Waals surface area contributed by atoms with Gasteiger partial charge in [0.25, 0.3) is 0 Å². The van der Waals surface area contributed by atoms with Crippen molar-refractivity contribution in [2.24, 2.45) is 0 Å². The van der Waals surface area contributed by atoms with E-state index in [4.69, 9.17) is 11.6 Å². The first-order chi connectivity index (χ1) is 8.24. The van der Waals surface area contributed by atoms with Crippen LogP contribution in [-0.4, -0.2) is 16.2 Å². The van der Waals surface area contributed by atoms with E-state index < -0.39 is 0 Å². The van der Waals surface area contributed by atoms with Crippen LogP contribution in [0.2, 0.25) is 5.02 Å².